The summed E-state index contributed by atoms with van der Waals surface area (Å²) in [5.74, 6) is -0.0681. The quantitative estimate of drug-likeness (QED) is 0.812. The minimum absolute atomic E-state index is 0.0681. The average molecular weight is 233 g/mol. The number of rotatable bonds is 4. The first-order chi connectivity index (χ1) is 8.36. The first-order valence-corrected chi connectivity index (χ1v) is 6.31. The molecule has 0 radical (unpaired) electrons. The van der Waals surface area contributed by atoms with Crippen molar-refractivity contribution >= 4 is 5.91 Å². The second-order valence-electron chi connectivity index (χ2n) is 4.44. The van der Waals surface area contributed by atoms with Gasteiger partial charge in [-0.25, -0.2) is 0 Å². The van der Waals surface area contributed by atoms with Crippen LogP contribution < -0.4 is 5.32 Å². The molecule has 0 saturated heterocycles. The standard InChI is InChI=1S/C14H19NO2/c16-14(12-7-3-1-4-8-12)15-11-17-13-9-5-2-6-10-13/h1,3-4,7-8,13H,2,5-6,9-11H2,(H,15,16). The molecule has 1 saturated carbocycles. The lowest BCUT2D eigenvalue weighted by atomic mass is 9.98. The zero-order chi connectivity index (χ0) is 11.9. The van der Waals surface area contributed by atoms with Gasteiger partial charge in [0.15, 0.2) is 0 Å². The van der Waals surface area contributed by atoms with Gasteiger partial charge >= 0.3 is 0 Å². The molecule has 1 aromatic rings. The van der Waals surface area contributed by atoms with E-state index in [0.717, 1.165) is 12.8 Å². The van der Waals surface area contributed by atoms with Crippen molar-refractivity contribution in [2.45, 2.75) is 38.2 Å². The monoisotopic (exact) mass is 233 g/mol. The molecule has 1 aliphatic rings. The molecule has 0 atom stereocenters. The van der Waals surface area contributed by atoms with Crippen molar-refractivity contribution < 1.29 is 9.53 Å². The summed E-state index contributed by atoms with van der Waals surface area (Å²) in [7, 11) is 0. The Balaban J connectivity index is 1.69. The van der Waals surface area contributed by atoms with E-state index in [1.54, 1.807) is 12.1 Å². The Labute approximate surface area is 102 Å². The average Bonchev–Trinajstić information content (AvgIpc) is 2.41. The Kier molecular flexibility index (Phi) is 4.56. The highest BCUT2D eigenvalue weighted by Crippen LogP contribution is 2.19. The molecule has 1 aliphatic carbocycles. The topological polar surface area (TPSA) is 38.3 Å². The second-order valence-corrected chi connectivity index (χ2v) is 4.44. The molecule has 2 rings (SSSR count). The molecule has 17 heavy (non-hydrogen) atoms. The molecule has 0 unspecified atom stereocenters. The molecule has 3 heteroatoms. The van der Waals surface area contributed by atoms with Crippen LogP contribution in [0, 0.1) is 0 Å². The number of carbonyl (C=O) groups excluding carboxylic acids is 1. The molecular formula is C14H19NO2. The summed E-state index contributed by atoms with van der Waals surface area (Å²) < 4.78 is 5.64. The van der Waals surface area contributed by atoms with Gasteiger partial charge in [-0.05, 0) is 25.0 Å². The van der Waals surface area contributed by atoms with Gasteiger partial charge in [-0.1, -0.05) is 37.5 Å². The molecule has 1 aromatic carbocycles. The predicted molar refractivity (Wildman–Crippen MR) is 66.7 cm³/mol. The normalized spacial score (nSPS) is 16.7. The van der Waals surface area contributed by atoms with E-state index >= 15 is 0 Å². The van der Waals surface area contributed by atoms with Gasteiger partial charge in [-0.15, -0.1) is 0 Å². The summed E-state index contributed by atoms with van der Waals surface area (Å²) >= 11 is 0. The Morgan fingerprint density at radius 3 is 2.59 bits per heavy atom. The van der Waals surface area contributed by atoms with Crippen molar-refractivity contribution in [3.05, 3.63) is 35.9 Å². The van der Waals surface area contributed by atoms with Crippen LogP contribution in [0.15, 0.2) is 30.3 Å². The van der Waals surface area contributed by atoms with Gasteiger partial charge in [-0.2, -0.15) is 0 Å². The Morgan fingerprint density at radius 2 is 1.88 bits per heavy atom. The highest BCUT2D eigenvalue weighted by Gasteiger charge is 2.13. The van der Waals surface area contributed by atoms with Crippen molar-refractivity contribution in [1.82, 2.24) is 5.32 Å². The van der Waals surface area contributed by atoms with Crippen LogP contribution in [-0.2, 0) is 4.74 Å². The van der Waals surface area contributed by atoms with Crippen LogP contribution in [0.25, 0.3) is 0 Å². The second kappa shape index (κ2) is 6.40. The first kappa shape index (κ1) is 12.1. The van der Waals surface area contributed by atoms with Crippen molar-refractivity contribution in [2.75, 3.05) is 6.73 Å². The van der Waals surface area contributed by atoms with E-state index in [2.05, 4.69) is 5.32 Å². The maximum absolute atomic E-state index is 11.7. The molecule has 0 aliphatic heterocycles. The lowest BCUT2D eigenvalue weighted by Gasteiger charge is -2.22. The minimum atomic E-state index is -0.0681. The van der Waals surface area contributed by atoms with Gasteiger partial charge in [0.25, 0.3) is 5.91 Å². The smallest absolute Gasteiger partial charge is 0.253 e. The number of amides is 1. The van der Waals surface area contributed by atoms with E-state index < -0.39 is 0 Å². The van der Waals surface area contributed by atoms with Gasteiger partial charge in [0.1, 0.15) is 6.73 Å². The third-order valence-electron chi connectivity index (χ3n) is 3.14. The predicted octanol–water partition coefficient (Wildman–Crippen LogP) is 2.72. The van der Waals surface area contributed by atoms with Crippen LogP contribution in [0.1, 0.15) is 42.5 Å². The zero-order valence-corrected chi connectivity index (χ0v) is 10.0. The molecule has 0 aromatic heterocycles. The van der Waals surface area contributed by atoms with E-state index in [-0.39, 0.29) is 5.91 Å². The third kappa shape index (κ3) is 3.86. The SMILES string of the molecule is O=C(NCOC1CCCCC1)c1ccccc1. The van der Waals surface area contributed by atoms with E-state index in [0.29, 0.717) is 18.4 Å². The summed E-state index contributed by atoms with van der Waals surface area (Å²) in [4.78, 5) is 11.7. The molecule has 0 heterocycles. The fourth-order valence-electron chi connectivity index (χ4n) is 2.15. The highest BCUT2D eigenvalue weighted by molar-refractivity contribution is 5.93. The molecule has 0 bridgehead atoms. The minimum Gasteiger partial charge on any atom is -0.358 e. The van der Waals surface area contributed by atoms with Gasteiger partial charge < -0.3 is 10.1 Å². The van der Waals surface area contributed by atoms with Gasteiger partial charge in [0.2, 0.25) is 0 Å². The number of carbonyl (C=O) groups is 1. The van der Waals surface area contributed by atoms with E-state index in [1.807, 2.05) is 18.2 Å². The Hall–Kier alpha value is -1.35. The lowest BCUT2D eigenvalue weighted by molar-refractivity contribution is 0.0177. The van der Waals surface area contributed by atoms with Crippen molar-refractivity contribution in [3.8, 4) is 0 Å². The zero-order valence-electron chi connectivity index (χ0n) is 10.0. The number of hydrogen-bond acceptors (Lipinski definition) is 2. The molecule has 1 fully saturated rings. The number of ether oxygens (including phenoxy) is 1. The first-order valence-electron chi connectivity index (χ1n) is 6.31. The fourth-order valence-corrected chi connectivity index (χ4v) is 2.15. The summed E-state index contributed by atoms with van der Waals surface area (Å²) in [6.45, 7) is 0.318. The largest absolute Gasteiger partial charge is 0.358 e. The van der Waals surface area contributed by atoms with Crippen molar-refractivity contribution in [1.29, 1.82) is 0 Å². The van der Waals surface area contributed by atoms with Gasteiger partial charge in [-0.3, -0.25) is 4.79 Å². The molecule has 1 amide bonds. The molecule has 1 N–H and O–H groups in total. The van der Waals surface area contributed by atoms with Crippen LogP contribution in [0.2, 0.25) is 0 Å². The van der Waals surface area contributed by atoms with Crippen LogP contribution in [0.4, 0.5) is 0 Å². The summed E-state index contributed by atoms with van der Waals surface area (Å²) in [5.41, 5.74) is 0.680. The molecule has 92 valence electrons. The Morgan fingerprint density at radius 1 is 1.18 bits per heavy atom. The van der Waals surface area contributed by atoms with E-state index in [1.165, 1.54) is 19.3 Å². The van der Waals surface area contributed by atoms with E-state index in [4.69, 9.17) is 4.74 Å². The molecule has 3 nitrogen and oxygen atoms in total. The van der Waals surface area contributed by atoms with E-state index in [9.17, 15) is 4.79 Å². The lowest BCUT2D eigenvalue weighted by Crippen LogP contribution is -2.29. The van der Waals surface area contributed by atoms with Crippen molar-refractivity contribution in [2.24, 2.45) is 0 Å². The third-order valence-corrected chi connectivity index (χ3v) is 3.14. The summed E-state index contributed by atoms with van der Waals surface area (Å²) in [6, 6.07) is 9.22. The number of nitrogens with one attached hydrogen (secondary N) is 1. The maximum Gasteiger partial charge on any atom is 0.253 e. The number of hydrogen-bond donors (Lipinski definition) is 1. The van der Waals surface area contributed by atoms with Crippen LogP contribution in [-0.4, -0.2) is 18.7 Å². The highest BCUT2D eigenvalue weighted by atomic mass is 16.5. The number of benzene rings is 1. The van der Waals surface area contributed by atoms with Crippen LogP contribution in [0.3, 0.4) is 0 Å². The maximum atomic E-state index is 11.7. The van der Waals surface area contributed by atoms with Crippen LogP contribution in [0.5, 0.6) is 0 Å². The van der Waals surface area contributed by atoms with Crippen LogP contribution >= 0.6 is 0 Å². The van der Waals surface area contributed by atoms with Gasteiger partial charge in [0, 0.05) is 5.56 Å². The fraction of sp³-hybridized carbons (Fsp3) is 0.500. The molecular weight excluding hydrogens is 214 g/mol. The summed E-state index contributed by atoms with van der Waals surface area (Å²) in [5, 5.41) is 2.79. The Bertz CT molecular complexity index is 344. The summed E-state index contributed by atoms with van der Waals surface area (Å²) in [6.07, 6.45) is 6.40. The van der Waals surface area contributed by atoms with Crippen molar-refractivity contribution in [3.63, 3.8) is 0 Å². The molecule has 0 spiro atoms. The van der Waals surface area contributed by atoms with Gasteiger partial charge in [0.05, 0.1) is 6.10 Å².